The summed E-state index contributed by atoms with van der Waals surface area (Å²) in [5.74, 6) is -0.0327. The summed E-state index contributed by atoms with van der Waals surface area (Å²) in [5.41, 5.74) is 0.697. The van der Waals surface area contributed by atoms with Crippen molar-refractivity contribution in [1.82, 2.24) is 10.3 Å². The van der Waals surface area contributed by atoms with E-state index in [1.807, 2.05) is 0 Å². The number of ether oxygens (including phenoxy) is 1. The fraction of sp³-hybridized carbons (Fsp3) is 0.600. The smallest absolute Gasteiger partial charge is 0.370 e. The predicted molar refractivity (Wildman–Crippen MR) is 65.3 cm³/mol. The van der Waals surface area contributed by atoms with Gasteiger partial charge in [0.05, 0.1) is 24.6 Å². The van der Waals surface area contributed by atoms with Crippen molar-refractivity contribution in [2.24, 2.45) is 0 Å². The number of aromatic nitrogens is 1. The molecule has 0 atom stereocenters. The van der Waals surface area contributed by atoms with Crippen LogP contribution in [0.2, 0.25) is 0 Å². The highest BCUT2D eigenvalue weighted by Crippen LogP contribution is 2.14. The van der Waals surface area contributed by atoms with E-state index in [1.165, 1.54) is 11.3 Å². The normalized spacial score (nSPS) is 11.6. The van der Waals surface area contributed by atoms with Gasteiger partial charge >= 0.3 is 6.18 Å². The number of carbonyl (C=O) groups excluding carboxylic acids is 1. The molecule has 1 amide bonds. The van der Waals surface area contributed by atoms with Crippen molar-refractivity contribution in [3.8, 4) is 0 Å². The molecule has 1 rings (SSSR count). The summed E-state index contributed by atoms with van der Waals surface area (Å²) >= 11 is 6.88. The van der Waals surface area contributed by atoms with Gasteiger partial charge in [-0.05, 0) is 0 Å². The first kappa shape index (κ1) is 16.2. The lowest BCUT2D eigenvalue weighted by Crippen LogP contribution is -2.30. The van der Waals surface area contributed by atoms with Gasteiger partial charge in [0.15, 0.2) is 0 Å². The van der Waals surface area contributed by atoms with Crippen LogP contribution in [0.25, 0.3) is 0 Å². The van der Waals surface area contributed by atoms with Crippen molar-refractivity contribution < 1.29 is 22.7 Å². The van der Waals surface area contributed by atoms with Crippen LogP contribution in [0.5, 0.6) is 0 Å². The minimum Gasteiger partial charge on any atom is -0.370 e. The average Bonchev–Trinajstić information content (AvgIpc) is 2.74. The van der Waals surface area contributed by atoms with Crippen molar-refractivity contribution in [1.29, 1.82) is 0 Å². The Morgan fingerprint density at radius 1 is 1.53 bits per heavy atom. The average molecular weight is 317 g/mol. The highest BCUT2D eigenvalue weighted by atomic mass is 35.5. The molecule has 1 heterocycles. The third-order valence-electron chi connectivity index (χ3n) is 1.88. The Morgan fingerprint density at radius 3 is 2.84 bits per heavy atom. The molecule has 9 heteroatoms. The third-order valence-corrected chi connectivity index (χ3v) is 3.05. The molecule has 1 N–H and O–H groups in total. The van der Waals surface area contributed by atoms with Crippen molar-refractivity contribution in [3.05, 3.63) is 16.1 Å². The van der Waals surface area contributed by atoms with E-state index in [2.05, 4.69) is 15.0 Å². The molecule has 0 radical (unpaired) electrons. The Kier molecular flexibility index (Phi) is 6.53. The molecule has 4 nitrogen and oxygen atoms in total. The van der Waals surface area contributed by atoms with Crippen molar-refractivity contribution in [3.63, 3.8) is 0 Å². The van der Waals surface area contributed by atoms with E-state index in [4.69, 9.17) is 11.6 Å². The van der Waals surface area contributed by atoms with Crippen LogP contribution in [-0.2, 0) is 21.8 Å². The van der Waals surface area contributed by atoms with E-state index in [9.17, 15) is 18.0 Å². The van der Waals surface area contributed by atoms with Gasteiger partial charge in [-0.25, -0.2) is 4.98 Å². The SMILES string of the molecule is O=C(Cc1nc(CCl)cs1)NCCOCC(F)(F)F. The van der Waals surface area contributed by atoms with E-state index < -0.39 is 12.8 Å². The predicted octanol–water partition coefficient (Wildman–Crippen LogP) is 2.12. The fourth-order valence-corrected chi connectivity index (χ4v) is 2.16. The molecule has 19 heavy (non-hydrogen) atoms. The second kappa shape index (κ2) is 7.66. The van der Waals surface area contributed by atoms with E-state index in [0.717, 1.165) is 0 Å². The van der Waals surface area contributed by atoms with Crippen molar-refractivity contribution in [2.45, 2.75) is 18.5 Å². The lowest BCUT2D eigenvalue weighted by Gasteiger charge is -2.08. The third kappa shape index (κ3) is 7.34. The number of nitrogens with zero attached hydrogens (tertiary/aromatic N) is 1. The van der Waals surface area contributed by atoms with Gasteiger partial charge in [-0.3, -0.25) is 4.79 Å². The van der Waals surface area contributed by atoms with Crippen molar-refractivity contribution >= 4 is 28.8 Å². The van der Waals surface area contributed by atoms with E-state index in [-0.39, 0.29) is 31.4 Å². The van der Waals surface area contributed by atoms with Crippen LogP contribution in [0.15, 0.2) is 5.38 Å². The monoisotopic (exact) mass is 316 g/mol. The Balaban J connectivity index is 2.14. The molecule has 0 unspecified atom stereocenters. The molecule has 0 saturated heterocycles. The molecule has 0 aromatic carbocycles. The number of hydrogen-bond acceptors (Lipinski definition) is 4. The zero-order valence-corrected chi connectivity index (χ0v) is 11.4. The number of rotatable bonds is 7. The lowest BCUT2D eigenvalue weighted by molar-refractivity contribution is -0.173. The van der Waals surface area contributed by atoms with Crippen molar-refractivity contribution in [2.75, 3.05) is 19.8 Å². The first-order chi connectivity index (χ1) is 8.90. The summed E-state index contributed by atoms with van der Waals surface area (Å²) in [6.45, 7) is -1.47. The summed E-state index contributed by atoms with van der Waals surface area (Å²) in [4.78, 5) is 15.5. The van der Waals surface area contributed by atoms with E-state index in [1.54, 1.807) is 5.38 Å². The molecule has 0 saturated carbocycles. The summed E-state index contributed by atoms with van der Waals surface area (Å²) < 4.78 is 39.6. The van der Waals surface area contributed by atoms with E-state index in [0.29, 0.717) is 10.7 Å². The summed E-state index contributed by atoms with van der Waals surface area (Å²) in [6, 6.07) is 0. The van der Waals surface area contributed by atoms with Gasteiger partial charge in [-0.15, -0.1) is 22.9 Å². The zero-order chi connectivity index (χ0) is 14.3. The first-order valence-electron chi connectivity index (χ1n) is 5.31. The Morgan fingerprint density at radius 2 is 2.26 bits per heavy atom. The number of thiazole rings is 1. The fourth-order valence-electron chi connectivity index (χ4n) is 1.14. The van der Waals surface area contributed by atoms with Crippen LogP contribution in [0.1, 0.15) is 10.7 Å². The molecule has 1 aromatic heterocycles. The van der Waals surface area contributed by atoms with Gasteiger partial charge in [0.1, 0.15) is 11.6 Å². The number of amides is 1. The molecule has 108 valence electrons. The van der Waals surface area contributed by atoms with Crippen LogP contribution in [-0.4, -0.2) is 36.8 Å². The van der Waals surface area contributed by atoms with Crippen LogP contribution in [0, 0.1) is 0 Å². The molecule has 0 aliphatic carbocycles. The maximum Gasteiger partial charge on any atom is 0.411 e. The number of halogens is 4. The van der Waals surface area contributed by atoms with Gasteiger partial charge < -0.3 is 10.1 Å². The van der Waals surface area contributed by atoms with Gasteiger partial charge in [0.25, 0.3) is 0 Å². The standard InChI is InChI=1S/C10H12ClF3N2O2S/c11-4-7-5-19-9(16-7)3-8(17)15-1-2-18-6-10(12,13)14/h5H,1-4,6H2,(H,15,17). The van der Waals surface area contributed by atoms with Gasteiger partial charge in [-0.2, -0.15) is 13.2 Å². The first-order valence-corrected chi connectivity index (χ1v) is 6.72. The number of alkyl halides is 4. The molecular formula is C10H12ClF3N2O2S. The highest BCUT2D eigenvalue weighted by Gasteiger charge is 2.27. The van der Waals surface area contributed by atoms with Crippen LogP contribution < -0.4 is 5.32 Å². The second-order valence-corrected chi connectivity index (χ2v) is 4.77. The van der Waals surface area contributed by atoms with Gasteiger partial charge in [0, 0.05) is 11.9 Å². The largest absolute Gasteiger partial charge is 0.411 e. The Labute approximate surface area is 116 Å². The number of nitrogens with one attached hydrogen (secondary N) is 1. The second-order valence-electron chi connectivity index (χ2n) is 3.56. The Bertz CT molecular complexity index is 412. The van der Waals surface area contributed by atoms with Crippen LogP contribution in [0.4, 0.5) is 13.2 Å². The molecule has 0 fully saturated rings. The lowest BCUT2D eigenvalue weighted by atomic mass is 10.4. The zero-order valence-electron chi connectivity index (χ0n) is 9.80. The minimum absolute atomic E-state index is 0.0304. The minimum atomic E-state index is -4.34. The molecular weight excluding hydrogens is 305 g/mol. The molecule has 0 spiro atoms. The topological polar surface area (TPSA) is 51.2 Å². The number of carbonyl (C=O) groups is 1. The molecule has 0 aliphatic heterocycles. The van der Waals surface area contributed by atoms with Crippen LogP contribution in [0.3, 0.4) is 0 Å². The van der Waals surface area contributed by atoms with Crippen LogP contribution >= 0.6 is 22.9 Å². The molecule has 1 aromatic rings. The highest BCUT2D eigenvalue weighted by molar-refractivity contribution is 7.09. The maximum absolute atomic E-state index is 11.7. The molecule has 0 bridgehead atoms. The maximum atomic E-state index is 11.7. The molecule has 0 aliphatic rings. The summed E-state index contributed by atoms with van der Waals surface area (Å²) in [6.07, 6.45) is -4.26. The quantitative estimate of drug-likeness (QED) is 0.619. The summed E-state index contributed by atoms with van der Waals surface area (Å²) in [5, 5.41) is 4.81. The van der Waals surface area contributed by atoms with Gasteiger partial charge in [0.2, 0.25) is 5.91 Å². The van der Waals surface area contributed by atoms with E-state index >= 15 is 0 Å². The summed E-state index contributed by atoms with van der Waals surface area (Å²) in [7, 11) is 0. The van der Waals surface area contributed by atoms with Gasteiger partial charge in [-0.1, -0.05) is 0 Å². The Hall–Kier alpha value is -0.860. The number of hydrogen-bond donors (Lipinski definition) is 1.